The number of carbonyl (C=O) groups excluding carboxylic acids is 1. The molecule has 6 heteroatoms. The number of aryl methyl sites for hydroxylation is 1. The quantitative estimate of drug-likeness (QED) is 0.644. The SMILES string of the molecule is CCOC(=O)c1cnn(Cc2nc(Cc3cccc(C)c3)cs2)c1. The molecule has 2 heterocycles. The Morgan fingerprint density at radius 2 is 2.25 bits per heavy atom. The Bertz CT molecular complexity index is 838. The summed E-state index contributed by atoms with van der Waals surface area (Å²) in [4.78, 5) is 16.3. The molecule has 0 radical (unpaired) electrons. The number of aromatic nitrogens is 3. The molecule has 0 atom stereocenters. The molecule has 0 spiro atoms. The summed E-state index contributed by atoms with van der Waals surface area (Å²) in [7, 11) is 0. The molecule has 0 fully saturated rings. The van der Waals surface area contributed by atoms with E-state index in [0.717, 1.165) is 17.1 Å². The number of esters is 1. The van der Waals surface area contributed by atoms with Gasteiger partial charge in [-0.25, -0.2) is 9.78 Å². The minimum Gasteiger partial charge on any atom is -0.462 e. The molecule has 3 aromatic rings. The Balaban J connectivity index is 1.65. The highest BCUT2D eigenvalue weighted by Gasteiger charge is 2.10. The van der Waals surface area contributed by atoms with E-state index in [4.69, 9.17) is 4.74 Å². The summed E-state index contributed by atoms with van der Waals surface area (Å²) < 4.78 is 6.68. The third kappa shape index (κ3) is 4.08. The number of carbonyl (C=O) groups is 1. The molecule has 3 rings (SSSR count). The van der Waals surface area contributed by atoms with Gasteiger partial charge in [-0.2, -0.15) is 5.10 Å². The minimum absolute atomic E-state index is 0.344. The number of thiazole rings is 1. The van der Waals surface area contributed by atoms with Gasteiger partial charge in [-0.15, -0.1) is 11.3 Å². The van der Waals surface area contributed by atoms with Crippen molar-refractivity contribution < 1.29 is 9.53 Å². The molecule has 24 heavy (non-hydrogen) atoms. The average Bonchev–Trinajstić information content (AvgIpc) is 3.18. The maximum atomic E-state index is 11.7. The zero-order valence-electron chi connectivity index (χ0n) is 13.7. The second-order valence-corrected chi connectivity index (χ2v) is 6.49. The lowest BCUT2D eigenvalue weighted by Gasteiger charge is -2.00. The molecule has 5 nitrogen and oxygen atoms in total. The van der Waals surface area contributed by atoms with Gasteiger partial charge < -0.3 is 4.74 Å². The lowest BCUT2D eigenvalue weighted by molar-refractivity contribution is 0.0526. The maximum absolute atomic E-state index is 11.7. The predicted octanol–water partition coefficient (Wildman–Crippen LogP) is 3.46. The lowest BCUT2D eigenvalue weighted by atomic mass is 10.1. The average molecular weight is 341 g/mol. The van der Waals surface area contributed by atoms with Crippen LogP contribution in [-0.2, 0) is 17.7 Å². The fraction of sp³-hybridized carbons (Fsp3) is 0.278. The summed E-state index contributed by atoms with van der Waals surface area (Å²) in [6.45, 7) is 4.79. The van der Waals surface area contributed by atoms with Crippen LogP contribution in [0.1, 0.15) is 39.1 Å². The van der Waals surface area contributed by atoms with E-state index in [-0.39, 0.29) is 5.97 Å². The normalized spacial score (nSPS) is 10.8. The molecule has 0 N–H and O–H groups in total. The molecule has 124 valence electrons. The third-order valence-corrected chi connectivity index (χ3v) is 4.39. The van der Waals surface area contributed by atoms with E-state index < -0.39 is 0 Å². The van der Waals surface area contributed by atoms with Crippen LogP contribution in [0.3, 0.4) is 0 Å². The van der Waals surface area contributed by atoms with Gasteiger partial charge in [0.1, 0.15) is 5.01 Å². The van der Waals surface area contributed by atoms with Crippen LogP contribution in [0, 0.1) is 6.92 Å². The number of benzene rings is 1. The second-order valence-electron chi connectivity index (χ2n) is 5.55. The van der Waals surface area contributed by atoms with Gasteiger partial charge >= 0.3 is 5.97 Å². The van der Waals surface area contributed by atoms with Gasteiger partial charge in [-0.1, -0.05) is 29.8 Å². The largest absolute Gasteiger partial charge is 0.462 e. The molecular formula is C18H19N3O2S. The van der Waals surface area contributed by atoms with Crippen LogP contribution in [-0.4, -0.2) is 27.3 Å². The van der Waals surface area contributed by atoms with E-state index in [9.17, 15) is 4.79 Å². The van der Waals surface area contributed by atoms with Gasteiger partial charge in [-0.3, -0.25) is 4.68 Å². The molecule has 0 aliphatic heterocycles. The van der Waals surface area contributed by atoms with Gasteiger partial charge in [0.25, 0.3) is 0 Å². The Morgan fingerprint density at radius 3 is 3.04 bits per heavy atom. The predicted molar refractivity (Wildman–Crippen MR) is 93.4 cm³/mol. The van der Waals surface area contributed by atoms with E-state index >= 15 is 0 Å². The van der Waals surface area contributed by atoms with Crippen molar-refractivity contribution in [1.29, 1.82) is 0 Å². The van der Waals surface area contributed by atoms with Crippen LogP contribution in [0.5, 0.6) is 0 Å². The highest BCUT2D eigenvalue weighted by molar-refractivity contribution is 7.09. The van der Waals surface area contributed by atoms with Crippen LogP contribution in [0.4, 0.5) is 0 Å². The van der Waals surface area contributed by atoms with Crippen molar-refractivity contribution in [2.45, 2.75) is 26.8 Å². The van der Waals surface area contributed by atoms with Gasteiger partial charge in [0.05, 0.1) is 30.6 Å². The zero-order chi connectivity index (χ0) is 16.9. The Morgan fingerprint density at radius 1 is 1.38 bits per heavy atom. The lowest BCUT2D eigenvalue weighted by Crippen LogP contribution is -2.04. The fourth-order valence-electron chi connectivity index (χ4n) is 2.44. The molecule has 0 unspecified atom stereocenters. The Hall–Kier alpha value is -2.47. The van der Waals surface area contributed by atoms with Gasteiger partial charge in [-0.05, 0) is 19.4 Å². The zero-order valence-corrected chi connectivity index (χ0v) is 14.5. The van der Waals surface area contributed by atoms with Crippen LogP contribution in [0.25, 0.3) is 0 Å². The highest BCUT2D eigenvalue weighted by Crippen LogP contribution is 2.16. The van der Waals surface area contributed by atoms with E-state index in [1.54, 1.807) is 29.1 Å². The molecule has 2 aromatic heterocycles. The van der Waals surface area contributed by atoms with Crippen molar-refractivity contribution in [3.8, 4) is 0 Å². The standard InChI is InChI=1S/C18H19N3O2S/c1-3-23-18(22)15-9-19-21(10-15)11-17-20-16(12-24-17)8-14-6-4-5-13(2)7-14/h4-7,9-10,12H,3,8,11H2,1-2H3. The smallest absolute Gasteiger partial charge is 0.341 e. The topological polar surface area (TPSA) is 57.0 Å². The summed E-state index contributed by atoms with van der Waals surface area (Å²) >= 11 is 1.61. The molecule has 0 aliphatic carbocycles. The number of hydrogen-bond acceptors (Lipinski definition) is 5. The highest BCUT2D eigenvalue weighted by atomic mass is 32.1. The molecule has 0 saturated heterocycles. The monoisotopic (exact) mass is 341 g/mol. The first kappa shape index (κ1) is 16.4. The van der Waals surface area contributed by atoms with Gasteiger partial charge in [0.15, 0.2) is 0 Å². The van der Waals surface area contributed by atoms with Gasteiger partial charge in [0, 0.05) is 18.0 Å². The van der Waals surface area contributed by atoms with Crippen LogP contribution < -0.4 is 0 Å². The Kier molecular flexibility index (Phi) is 5.05. The molecular weight excluding hydrogens is 322 g/mol. The van der Waals surface area contributed by atoms with Crippen molar-refractivity contribution in [2.75, 3.05) is 6.61 Å². The maximum Gasteiger partial charge on any atom is 0.341 e. The van der Waals surface area contributed by atoms with Crippen molar-refractivity contribution >= 4 is 17.3 Å². The van der Waals surface area contributed by atoms with Crippen LogP contribution >= 0.6 is 11.3 Å². The number of nitrogens with zero attached hydrogens (tertiary/aromatic N) is 3. The van der Waals surface area contributed by atoms with Crippen molar-refractivity contribution in [3.05, 3.63) is 69.4 Å². The minimum atomic E-state index is -0.344. The first-order chi connectivity index (χ1) is 11.6. The van der Waals surface area contributed by atoms with Crippen molar-refractivity contribution in [2.24, 2.45) is 0 Å². The molecule has 0 bridgehead atoms. The van der Waals surface area contributed by atoms with Crippen LogP contribution in [0.2, 0.25) is 0 Å². The number of rotatable bonds is 6. The summed E-state index contributed by atoms with van der Waals surface area (Å²) in [5, 5.41) is 7.25. The number of ether oxygens (including phenoxy) is 1. The van der Waals surface area contributed by atoms with E-state index in [2.05, 4.69) is 46.7 Å². The summed E-state index contributed by atoms with van der Waals surface area (Å²) in [6, 6.07) is 8.46. The third-order valence-electron chi connectivity index (χ3n) is 3.51. The Labute approximate surface area is 144 Å². The fourth-order valence-corrected chi connectivity index (χ4v) is 3.23. The van der Waals surface area contributed by atoms with Crippen LogP contribution in [0.15, 0.2) is 42.0 Å². The first-order valence-corrected chi connectivity index (χ1v) is 8.70. The molecule has 1 aromatic carbocycles. The summed E-state index contributed by atoms with van der Waals surface area (Å²) in [5.74, 6) is -0.344. The van der Waals surface area contributed by atoms with E-state index in [1.807, 2.05) is 0 Å². The van der Waals surface area contributed by atoms with Crippen molar-refractivity contribution in [1.82, 2.24) is 14.8 Å². The summed E-state index contributed by atoms with van der Waals surface area (Å²) in [6.07, 6.45) is 4.05. The molecule has 0 amide bonds. The van der Waals surface area contributed by atoms with E-state index in [1.165, 1.54) is 17.3 Å². The van der Waals surface area contributed by atoms with E-state index in [0.29, 0.717) is 18.7 Å². The first-order valence-electron chi connectivity index (χ1n) is 7.82. The summed E-state index contributed by atoms with van der Waals surface area (Å²) in [5.41, 5.74) is 4.04. The van der Waals surface area contributed by atoms with Crippen molar-refractivity contribution in [3.63, 3.8) is 0 Å². The molecule has 0 aliphatic rings. The van der Waals surface area contributed by atoms with Gasteiger partial charge in [0.2, 0.25) is 0 Å². The molecule has 0 saturated carbocycles. The second kappa shape index (κ2) is 7.40. The number of hydrogen-bond donors (Lipinski definition) is 0.